The number of H-pyrrole nitrogens is 1. The van der Waals surface area contributed by atoms with Crippen LogP contribution in [0, 0.1) is 0 Å². The van der Waals surface area contributed by atoms with E-state index in [2.05, 4.69) is 15.3 Å². The number of carbonyl (C=O) groups excluding carboxylic acids is 1. The van der Waals surface area contributed by atoms with Crippen molar-refractivity contribution in [3.8, 4) is 11.3 Å². The van der Waals surface area contributed by atoms with Crippen molar-refractivity contribution in [2.75, 3.05) is 11.6 Å². The molecule has 0 atom stereocenters. The zero-order chi connectivity index (χ0) is 16.2. The summed E-state index contributed by atoms with van der Waals surface area (Å²) in [5.74, 6) is -0.467. The maximum absolute atomic E-state index is 12.1. The molecule has 1 aromatic carbocycles. The van der Waals surface area contributed by atoms with Crippen LogP contribution in [0.1, 0.15) is 10.4 Å². The van der Waals surface area contributed by atoms with Crippen molar-refractivity contribution in [3.63, 3.8) is 0 Å². The quantitative estimate of drug-likeness (QED) is 0.711. The Hall–Kier alpha value is -2.38. The summed E-state index contributed by atoms with van der Waals surface area (Å²) in [6.07, 6.45) is 3.51. The van der Waals surface area contributed by atoms with Gasteiger partial charge in [-0.1, -0.05) is 12.1 Å². The van der Waals surface area contributed by atoms with E-state index in [9.17, 15) is 9.59 Å². The van der Waals surface area contributed by atoms with Crippen LogP contribution in [0.5, 0.6) is 0 Å². The average Bonchev–Trinajstić information content (AvgIpc) is 3.03. The minimum Gasteiger partial charge on any atom is -0.328 e. The number of pyridine rings is 1. The number of nitrogens with one attached hydrogen (secondary N) is 2. The maximum atomic E-state index is 12.1. The van der Waals surface area contributed by atoms with Crippen LogP contribution in [-0.4, -0.2) is 22.1 Å². The Morgan fingerprint density at radius 3 is 2.74 bits per heavy atom. The lowest BCUT2D eigenvalue weighted by Crippen LogP contribution is -2.22. The van der Waals surface area contributed by atoms with Gasteiger partial charge in [0.15, 0.2) is 5.13 Å². The van der Waals surface area contributed by atoms with Gasteiger partial charge in [-0.25, -0.2) is 4.98 Å². The van der Waals surface area contributed by atoms with Crippen molar-refractivity contribution in [3.05, 3.63) is 63.9 Å². The number of aromatic amines is 1. The number of carbonyl (C=O) groups is 1. The summed E-state index contributed by atoms with van der Waals surface area (Å²) in [6, 6.07) is 11.1. The van der Waals surface area contributed by atoms with Gasteiger partial charge in [0.1, 0.15) is 5.56 Å². The van der Waals surface area contributed by atoms with Gasteiger partial charge in [-0.3, -0.25) is 14.9 Å². The average molecular weight is 343 g/mol. The van der Waals surface area contributed by atoms with Gasteiger partial charge in [-0.05, 0) is 30.5 Å². The van der Waals surface area contributed by atoms with Gasteiger partial charge in [-0.2, -0.15) is 0 Å². The molecule has 0 aliphatic heterocycles. The highest BCUT2D eigenvalue weighted by Crippen LogP contribution is 2.26. The molecule has 2 heterocycles. The summed E-state index contributed by atoms with van der Waals surface area (Å²) in [7, 11) is 0. The SMILES string of the molecule is CSc1ccc(-c2csc(NC(=O)c3ccc[nH]c3=O)n2)cc1. The molecule has 0 saturated carbocycles. The molecule has 0 aliphatic carbocycles. The van der Waals surface area contributed by atoms with Crippen LogP contribution in [-0.2, 0) is 0 Å². The molecule has 0 fully saturated rings. The molecule has 0 saturated heterocycles. The van der Waals surface area contributed by atoms with Crippen LogP contribution < -0.4 is 10.9 Å². The molecule has 1 amide bonds. The zero-order valence-electron chi connectivity index (χ0n) is 12.2. The Morgan fingerprint density at radius 2 is 2.04 bits per heavy atom. The number of anilines is 1. The van der Waals surface area contributed by atoms with Gasteiger partial charge in [0.25, 0.3) is 11.5 Å². The summed E-state index contributed by atoms with van der Waals surface area (Å²) in [6.45, 7) is 0. The highest BCUT2D eigenvalue weighted by Gasteiger charge is 2.12. The fourth-order valence-corrected chi connectivity index (χ4v) is 3.11. The molecule has 2 N–H and O–H groups in total. The topological polar surface area (TPSA) is 74.8 Å². The minimum atomic E-state index is -0.467. The van der Waals surface area contributed by atoms with Crippen LogP contribution >= 0.6 is 23.1 Å². The van der Waals surface area contributed by atoms with Crippen molar-refractivity contribution < 1.29 is 4.79 Å². The van der Waals surface area contributed by atoms with E-state index in [4.69, 9.17) is 0 Å². The molecule has 23 heavy (non-hydrogen) atoms. The van der Waals surface area contributed by atoms with E-state index in [0.717, 1.165) is 11.3 Å². The largest absolute Gasteiger partial charge is 0.328 e. The van der Waals surface area contributed by atoms with Crippen molar-refractivity contribution in [2.24, 2.45) is 0 Å². The molecule has 0 spiro atoms. The first-order valence-corrected chi connectivity index (χ1v) is 8.87. The number of benzene rings is 1. The third kappa shape index (κ3) is 3.52. The fraction of sp³-hybridized carbons (Fsp3) is 0.0625. The van der Waals surface area contributed by atoms with Gasteiger partial charge < -0.3 is 4.98 Å². The van der Waals surface area contributed by atoms with Gasteiger partial charge in [0.2, 0.25) is 0 Å². The molecule has 2 aromatic heterocycles. The first-order chi connectivity index (χ1) is 11.2. The van der Waals surface area contributed by atoms with E-state index in [1.165, 1.54) is 28.5 Å². The Labute approximate surface area is 140 Å². The first kappa shape index (κ1) is 15.5. The lowest BCUT2D eigenvalue weighted by Gasteiger charge is -2.01. The molecular weight excluding hydrogens is 330 g/mol. The van der Waals surface area contributed by atoms with Gasteiger partial charge in [0.05, 0.1) is 5.69 Å². The van der Waals surface area contributed by atoms with E-state index in [-0.39, 0.29) is 5.56 Å². The Balaban J connectivity index is 1.78. The van der Waals surface area contributed by atoms with Crippen LogP contribution in [0.3, 0.4) is 0 Å². The fourth-order valence-electron chi connectivity index (χ4n) is 1.99. The second-order valence-electron chi connectivity index (χ2n) is 4.63. The minimum absolute atomic E-state index is 0.0635. The summed E-state index contributed by atoms with van der Waals surface area (Å²) in [5.41, 5.74) is 1.42. The zero-order valence-corrected chi connectivity index (χ0v) is 13.8. The normalized spacial score (nSPS) is 10.5. The Bertz CT molecular complexity index is 885. The second-order valence-corrected chi connectivity index (χ2v) is 6.37. The lowest BCUT2D eigenvalue weighted by atomic mass is 10.2. The van der Waals surface area contributed by atoms with E-state index in [1.807, 2.05) is 35.9 Å². The molecule has 7 heteroatoms. The second kappa shape index (κ2) is 6.80. The predicted molar refractivity (Wildman–Crippen MR) is 94.3 cm³/mol. The highest BCUT2D eigenvalue weighted by molar-refractivity contribution is 7.98. The Morgan fingerprint density at radius 1 is 1.26 bits per heavy atom. The highest BCUT2D eigenvalue weighted by atomic mass is 32.2. The number of nitrogens with zero attached hydrogens (tertiary/aromatic N) is 1. The van der Waals surface area contributed by atoms with Crippen molar-refractivity contribution in [2.45, 2.75) is 4.90 Å². The lowest BCUT2D eigenvalue weighted by molar-refractivity contribution is 0.102. The molecule has 116 valence electrons. The molecular formula is C16H13N3O2S2. The van der Waals surface area contributed by atoms with Gasteiger partial charge in [0, 0.05) is 22.0 Å². The Kier molecular flexibility index (Phi) is 4.59. The van der Waals surface area contributed by atoms with Gasteiger partial charge >= 0.3 is 0 Å². The number of amides is 1. The first-order valence-electron chi connectivity index (χ1n) is 6.76. The van der Waals surface area contributed by atoms with Crippen LogP contribution in [0.25, 0.3) is 11.3 Å². The van der Waals surface area contributed by atoms with E-state index < -0.39 is 11.5 Å². The monoisotopic (exact) mass is 343 g/mol. The standard InChI is InChI=1S/C16H13N3O2S2/c1-22-11-6-4-10(5-7-11)13-9-23-16(18-13)19-15(21)12-3-2-8-17-14(12)20/h2-9H,1H3,(H,17,20)(H,18,19,21). The number of rotatable bonds is 4. The number of hydrogen-bond acceptors (Lipinski definition) is 5. The van der Waals surface area contributed by atoms with E-state index in [1.54, 1.807) is 17.8 Å². The molecule has 5 nitrogen and oxygen atoms in total. The summed E-state index contributed by atoms with van der Waals surface area (Å²) in [4.78, 5) is 31.8. The van der Waals surface area contributed by atoms with Crippen molar-refractivity contribution >= 4 is 34.1 Å². The molecule has 3 rings (SSSR count). The molecule has 0 bridgehead atoms. The van der Waals surface area contributed by atoms with E-state index >= 15 is 0 Å². The van der Waals surface area contributed by atoms with Gasteiger partial charge in [-0.15, -0.1) is 23.1 Å². The third-order valence-electron chi connectivity index (χ3n) is 3.17. The van der Waals surface area contributed by atoms with Crippen LogP contribution in [0.2, 0.25) is 0 Å². The number of aromatic nitrogens is 2. The third-order valence-corrected chi connectivity index (χ3v) is 4.67. The molecule has 0 radical (unpaired) electrons. The predicted octanol–water partition coefficient (Wildman–Crippen LogP) is 3.47. The summed E-state index contributed by atoms with van der Waals surface area (Å²) < 4.78 is 0. The summed E-state index contributed by atoms with van der Waals surface area (Å²) >= 11 is 3.00. The summed E-state index contributed by atoms with van der Waals surface area (Å²) in [5, 5.41) is 4.99. The van der Waals surface area contributed by atoms with Crippen LogP contribution in [0.15, 0.2) is 57.7 Å². The number of hydrogen-bond donors (Lipinski definition) is 2. The molecule has 3 aromatic rings. The smallest absolute Gasteiger partial charge is 0.263 e. The number of thioether (sulfide) groups is 1. The molecule has 0 unspecified atom stereocenters. The maximum Gasteiger partial charge on any atom is 0.263 e. The molecule has 0 aliphatic rings. The van der Waals surface area contributed by atoms with Crippen molar-refractivity contribution in [1.82, 2.24) is 9.97 Å². The van der Waals surface area contributed by atoms with E-state index in [0.29, 0.717) is 5.13 Å². The number of thiazole rings is 1. The van der Waals surface area contributed by atoms with Crippen LogP contribution in [0.4, 0.5) is 5.13 Å². The van der Waals surface area contributed by atoms with Crippen molar-refractivity contribution in [1.29, 1.82) is 0 Å².